The van der Waals surface area contributed by atoms with Gasteiger partial charge in [0.2, 0.25) is 0 Å². The number of nitrogens with one attached hydrogen (secondary N) is 1. The summed E-state index contributed by atoms with van der Waals surface area (Å²) >= 11 is 3.50. The Morgan fingerprint density at radius 2 is 2.31 bits per heavy atom. The maximum Gasteiger partial charge on any atom is 0.132 e. The molecule has 1 aliphatic rings. The van der Waals surface area contributed by atoms with Crippen molar-refractivity contribution in [3.63, 3.8) is 0 Å². The van der Waals surface area contributed by atoms with E-state index in [0.29, 0.717) is 6.04 Å². The third kappa shape index (κ3) is 1.76. The van der Waals surface area contributed by atoms with Crippen molar-refractivity contribution in [3.8, 4) is 0 Å². The molecule has 3 nitrogen and oxygen atoms in total. The number of rotatable bonds is 3. The van der Waals surface area contributed by atoms with Crippen molar-refractivity contribution in [2.75, 3.05) is 0 Å². The first-order valence-electron chi connectivity index (χ1n) is 5.69. The molecule has 0 unspecified atom stereocenters. The zero-order valence-electron chi connectivity index (χ0n) is 8.99. The lowest BCUT2D eigenvalue weighted by molar-refractivity contribution is 0.335. The number of hydrogen-bond acceptors (Lipinski definition) is 2. The van der Waals surface area contributed by atoms with E-state index in [-0.39, 0.29) is 0 Å². The molecule has 0 saturated heterocycles. The van der Waals surface area contributed by atoms with Crippen LogP contribution in [0, 0.1) is 0 Å². The maximum absolute atomic E-state index is 4.54. The Morgan fingerprint density at radius 3 is 3.06 bits per heavy atom. The van der Waals surface area contributed by atoms with Crippen molar-refractivity contribution in [2.24, 2.45) is 0 Å². The van der Waals surface area contributed by atoms with E-state index in [1.165, 1.54) is 19.3 Å². The summed E-state index contributed by atoms with van der Waals surface area (Å²) in [6.07, 6.45) is 6.05. The topological polar surface area (TPSA) is 29.3 Å². The molecule has 4 heteroatoms. The third-order valence-electron chi connectivity index (χ3n) is 3.23. The van der Waals surface area contributed by atoms with Crippen molar-refractivity contribution in [1.82, 2.24) is 14.7 Å². The van der Waals surface area contributed by atoms with Gasteiger partial charge in [0.15, 0.2) is 0 Å². The van der Waals surface area contributed by atoms with E-state index in [1.54, 1.807) is 0 Å². The monoisotopic (exact) mass is 279 g/mol. The lowest BCUT2D eigenvalue weighted by Gasteiger charge is -2.26. The molecule has 1 saturated carbocycles. The number of hydrogen-bond donors (Lipinski definition) is 1. The minimum atomic E-state index is 0.704. The van der Waals surface area contributed by atoms with Crippen LogP contribution in [0.15, 0.2) is 29.0 Å². The van der Waals surface area contributed by atoms with Gasteiger partial charge in [-0.25, -0.2) is 4.98 Å². The number of fused-ring (bicyclic) bond motifs is 1. The quantitative estimate of drug-likeness (QED) is 0.936. The molecule has 1 fully saturated rings. The second-order valence-electron chi connectivity index (χ2n) is 4.28. The van der Waals surface area contributed by atoms with E-state index in [1.807, 2.05) is 12.1 Å². The Hall–Kier alpha value is -0.870. The first-order chi connectivity index (χ1) is 7.84. The molecule has 16 heavy (non-hydrogen) atoms. The first kappa shape index (κ1) is 10.3. The molecule has 1 aliphatic carbocycles. The fraction of sp³-hybridized carbons (Fsp3) is 0.417. The molecule has 2 aromatic heterocycles. The van der Waals surface area contributed by atoms with Crippen LogP contribution in [0.1, 0.15) is 25.1 Å². The molecule has 0 atom stereocenters. The first-order valence-corrected chi connectivity index (χ1v) is 6.49. The molecule has 0 aromatic carbocycles. The van der Waals surface area contributed by atoms with Crippen LogP contribution in [0.2, 0.25) is 0 Å². The SMILES string of the molecule is Brc1nc(CNC2CCC2)n2ccccc12. The lowest BCUT2D eigenvalue weighted by Crippen LogP contribution is -2.34. The smallest absolute Gasteiger partial charge is 0.132 e. The highest BCUT2D eigenvalue weighted by atomic mass is 79.9. The Balaban J connectivity index is 1.85. The molecule has 0 radical (unpaired) electrons. The van der Waals surface area contributed by atoms with E-state index >= 15 is 0 Å². The number of nitrogens with zero attached hydrogens (tertiary/aromatic N) is 2. The predicted octanol–water partition coefficient (Wildman–Crippen LogP) is 2.74. The molecular weight excluding hydrogens is 266 g/mol. The predicted molar refractivity (Wildman–Crippen MR) is 67.4 cm³/mol. The zero-order valence-corrected chi connectivity index (χ0v) is 10.6. The van der Waals surface area contributed by atoms with E-state index in [2.05, 4.69) is 42.9 Å². The van der Waals surface area contributed by atoms with E-state index in [4.69, 9.17) is 0 Å². The van der Waals surface area contributed by atoms with Crippen molar-refractivity contribution < 1.29 is 0 Å². The molecule has 3 rings (SSSR count). The van der Waals surface area contributed by atoms with Gasteiger partial charge in [0.05, 0.1) is 12.1 Å². The van der Waals surface area contributed by atoms with Crippen LogP contribution in [0.4, 0.5) is 0 Å². The van der Waals surface area contributed by atoms with Gasteiger partial charge in [0, 0.05) is 12.2 Å². The van der Waals surface area contributed by atoms with Crippen molar-refractivity contribution in [1.29, 1.82) is 0 Å². The van der Waals surface area contributed by atoms with Crippen LogP contribution in [0.25, 0.3) is 5.52 Å². The summed E-state index contributed by atoms with van der Waals surface area (Å²) in [6.45, 7) is 0.849. The highest BCUT2D eigenvalue weighted by Gasteiger charge is 2.17. The molecule has 1 N–H and O–H groups in total. The summed E-state index contributed by atoms with van der Waals surface area (Å²) in [4.78, 5) is 4.54. The van der Waals surface area contributed by atoms with Crippen LogP contribution in [-0.4, -0.2) is 15.4 Å². The highest BCUT2D eigenvalue weighted by Crippen LogP contribution is 2.21. The maximum atomic E-state index is 4.54. The molecule has 84 valence electrons. The van der Waals surface area contributed by atoms with Crippen molar-refractivity contribution >= 4 is 21.4 Å². The molecule has 0 aliphatic heterocycles. The fourth-order valence-electron chi connectivity index (χ4n) is 2.03. The van der Waals surface area contributed by atoms with Gasteiger partial charge in [0.25, 0.3) is 0 Å². The van der Waals surface area contributed by atoms with Gasteiger partial charge in [0.1, 0.15) is 10.4 Å². The Bertz CT molecular complexity index is 502. The summed E-state index contributed by atoms with van der Waals surface area (Å²) in [7, 11) is 0. The van der Waals surface area contributed by atoms with Crippen LogP contribution < -0.4 is 5.32 Å². The van der Waals surface area contributed by atoms with Crippen LogP contribution in [-0.2, 0) is 6.54 Å². The summed E-state index contributed by atoms with van der Waals surface area (Å²) in [5.41, 5.74) is 1.13. The average molecular weight is 280 g/mol. The number of imidazole rings is 1. The van der Waals surface area contributed by atoms with Gasteiger partial charge in [-0.3, -0.25) is 0 Å². The molecule has 2 aromatic rings. The summed E-state index contributed by atoms with van der Waals surface area (Å²) in [6, 6.07) is 6.85. The third-order valence-corrected chi connectivity index (χ3v) is 3.81. The standard InChI is InChI=1S/C12H14BrN3/c13-12-10-6-1-2-7-16(10)11(15-12)8-14-9-4-3-5-9/h1-2,6-7,9,14H,3-5,8H2. The molecular formula is C12H14BrN3. The zero-order chi connectivity index (χ0) is 11.0. The Kier molecular flexibility index (Phi) is 2.69. The Labute approximate surface area is 103 Å². The second-order valence-corrected chi connectivity index (χ2v) is 5.03. The number of halogens is 1. The largest absolute Gasteiger partial charge is 0.307 e. The van der Waals surface area contributed by atoms with Crippen molar-refractivity contribution in [2.45, 2.75) is 31.8 Å². The van der Waals surface area contributed by atoms with E-state index in [9.17, 15) is 0 Å². The van der Waals surface area contributed by atoms with Crippen molar-refractivity contribution in [3.05, 3.63) is 34.8 Å². The summed E-state index contributed by atoms with van der Waals surface area (Å²) < 4.78 is 3.06. The molecule has 2 heterocycles. The lowest BCUT2D eigenvalue weighted by atomic mass is 9.93. The minimum Gasteiger partial charge on any atom is -0.307 e. The molecule has 0 spiro atoms. The fourth-order valence-corrected chi connectivity index (χ4v) is 2.56. The van der Waals surface area contributed by atoms with E-state index in [0.717, 1.165) is 22.5 Å². The summed E-state index contributed by atoms with van der Waals surface area (Å²) in [5, 5.41) is 3.54. The summed E-state index contributed by atoms with van der Waals surface area (Å²) in [5.74, 6) is 1.08. The van der Waals surface area contributed by atoms with Gasteiger partial charge < -0.3 is 9.72 Å². The van der Waals surface area contributed by atoms with Gasteiger partial charge in [-0.15, -0.1) is 0 Å². The van der Waals surface area contributed by atoms with Gasteiger partial charge in [-0.1, -0.05) is 12.5 Å². The van der Waals surface area contributed by atoms with Gasteiger partial charge >= 0.3 is 0 Å². The number of pyridine rings is 1. The normalized spacial score (nSPS) is 16.6. The van der Waals surface area contributed by atoms with E-state index < -0.39 is 0 Å². The van der Waals surface area contributed by atoms with Crippen LogP contribution >= 0.6 is 15.9 Å². The Morgan fingerprint density at radius 1 is 1.44 bits per heavy atom. The van der Waals surface area contributed by atoms with Gasteiger partial charge in [-0.05, 0) is 40.9 Å². The van der Waals surface area contributed by atoms with Crippen LogP contribution in [0.3, 0.4) is 0 Å². The average Bonchev–Trinajstić information content (AvgIpc) is 2.55. The molecule has 0 bridgehead atoms. The minimum absolute atomic E-state index is 0.704. The molecule has 0 amide bonds. The van der Waals surface area contributed by atoms with Crippen LogP contribution in [0.5, 0.6) is 0 Å². The second kappa shape index (κ2) is 4.18. The number of aromatic nitrogens is 2. The highest BCUT2D eigenvalue weighted by molar-refractivity contribution is 9.10. The van der Waals surface area contributed by atoms with Gasteiger partial charge in [-0.2, -0.15) is 0 Å².